The molecule has 2 rings (SSSR count). The molecule has 1 aromatic heterocycles. The summed E-state index contributed by atoms with van der Waals surface area (Å²) in [7, 11) is -1.97. The number of anilines is 1. The third-order valence-corrected chi connectivity index (χ3v) is 3.71. The highest BCUT2D eigenvalue weighted by molar-refractivity contribution is 7.90. The highest BCUT2D eigenvalue weighted by atomic mass is 32.2. The number of aromatic nitrogens is 1. The minimum absolute atomic E-state index is 0.126. The van der Waals surface area contributed by atoms with Crippen LogP contribution >= 0.6 is 0 Å². The van der Waals surface area contributed by atoms with Gasteiger partial charge in [-0.05, 0) is 36.4 Å². The molecule has 0 spiro atoms. The second-order valence-corrected chi connectivity index (χ2v) is 5.41. The number of nitrogens with two attached hydrogens (primary N) is 1. The number of nitrogen functional groups attached to an aromatic ring is 1. The predicted octanol–water partition coefficient (Wildman–Crippen LogP) is 0.897. The molecule has 0 radical (unpaired) electrons. The van der Waals surface area contributed by atoms with Crippen LogP contribution in [0.5, 0.6) is 0 Å². The van der Waals surface area contributed by atoms with Crippen molar-refractivity contribution in [3.05, 3.63) is 54.1 Å². The van der Waals surface area contributed by atoms with Crippen LogP contribution in [0.4, 0.5) is 5.69 Å². The third kappa shape index (κ3) is 2.60. The van der Waals surface area contributed by atoms with E-state index in [2.05, 4.69) is 4.40 Å². The van der Waals surface area contributed by atoms with Gasteiger partial charge >= 0.3 is 0 Å². The van der Waals surface area contributed by atoms with Gasteiger partial charge in [0.05, 0.1) is 4.90 Å². The summed E-state index contributed by atoms with van der Waals surface area (Å²) in [4.78, 5) is 0.126. The van der Waals surface area contributed by atoms with Gasteiger partial charge < -0.3 is 10.3 Å². The molecule has 0 amide bonds. The molecule has 0 saturated heterocycles. The Kier molecular flexibility index (Phi) is 3.20. The molecular formula is C12H13N3O2S. The molecule has 0 aliphatic rings. The quantitative estimate of drug-likeness (QED) is 0.818. The second kappa shape index (κ2) is 4.66. The Labute approximate surface area is 105 Å². The average Bonchev–Trinajstić information content (AvgIpc) is 2.32. The Morgan fingerprint density at radius 2 is 1.78 bits per heavy atom. The molecule has 18 heavy (non-hydrogen) atoms. The Morgan fingerprint density at radius 1 is 1.11 bits per heavy atom. The first-order valence-corrected chi connectivity index (χ1v) is 6.71. The number of hydrogen-bond donors (Lipinski definition) is 1. The summed E-state index contributed by atoms with van der Waals surface area (Å²) in [6.07, 6.45) is 1.73. The fraction of sp³-hybridized carbons (Fsp3) is 0.0833. The lowest BCUT2D eigenvalue weighted by Gasteiger charge is -2.01. The molecule has 2 N–H and O–H groups in total. The van der Waals surface area contributed by atoms with Gasteiger partial charge in [-0.3, -0.25) is 0 Å². The van der Waals surface area contributed by atoms with Gasteiger partial charge in [0.25, 0.3) is 10.0 Å². The molecule has 0 unspecified atom stereocenters. The number of hydrogen-bond acceptors (Lipinski definition) is 3. The average molecular weight is 263 g/mol. The van der Waals surface area contributed by atoms with Crippen molar-refractivity contribution in [1.82, 2.24) is 4.57 Å². The Morgan fingerprint density at radius 3 is 2.39 bits per heavy atom. The van der Waals surface area contributed by atoms with E-state index in [0.717, 1.165) is 0 Å². The second-order valence-electron chi connectivity index (χ2n) is 3.81. The third-order valence-electron chi connectivity index (χ3n) is 2.42. The maximum atomic E-state index is 12.0. The molecule has 0 bridgehead atoms. The Hall–Kier alpha value is -2.08. The number of sulfonamides is 1. The lowest BCUT2D eigenvalue weighted by molar-refractivity contribution is 0.595. The molecule has 94 valence electrons. The summed E-state index contributed by atoms with van der Waals surface area (Å²) in [6, 6.07) is 11.1. The lowest BCUT2D eigenvalue weighted by Crippen LogP contribution is -2.18. The molecule has 0 aliphatic carbocycles. The largest absolute Gasteiger partial charge is 0.399 e. The van der Waals surface area contributed by atoms with Gasteiger partial charge in [-0.25, -0.2) is 0 Å². The zero-order valence-electron chi connectivity index (χ0n) is 9.82. The zero-order valence-corrected chi connectivity index (χ0v) is 10.6. The Bertz CT molecular complexity index is 715. The van der Waals surface area contributed by atoms with Crippen molar-refractivity contribution in [3.8, 4) is 0 Å². The molecule has 1 heterocycles. The van der Waals surface area contributed by atoms with Crippen molar-refractivity contribution in [2.45, 2.75) is 4.90 Å². The number of aryl methyl sites for hydroxylation is 1. The van der Waals surface area contributed by atoms with E-state index in [4.69, 9.17) is 5.73 Å². The summed E-state index contributed by atoms with van der Waals surface area (Å²) >= 11 is 0. The van der Waals surface area contributed by atoms with Crippen LogP contribution in [-0.2, 0) is 17.1 Å². The van der Waals surface area contributed by atoms with Crippen LogP contribution in [0.3, 0.4) is 0 Å². The van der Waals surface area contributed by atoms with Gasteiger partial charge in [-0.15, -0.1) is 4.40 Å². The number of nitrogens with zero attached hydrogens (tertiary/aromatic N) is 2. The minimum atomic E-state index is -3.70. The summed E-state index contributed by atoms with van der Waals surface area (Å²) in [6.45, 7) is 0. The summed E-state index contributed by atoms with van der Waals surface area (Å²) in [5, 5.41) is 0. The molecule has 0 aliphatic heterocycles. The first-order chi connectivity index (χ1) is 8.49. The van der Waals surface area contributed by atoms with Gasteiger partial charge in [-0.2, -0.15) is 8.42 Å². The number of pyridine rings is 1. The van der Waals surface area contributed by atoms with Crippen molar-refractivity contribution in [1.29, 1.82) is 0 Å². The van der Waals surface area contributed by atoms with Gasteiger partial charge in [0.15, 0.2) is 0 Å². The zero-order chi connectivity index (χ0) is 13.2. The minimum Gasteiger partial charge on any atom is -0.399 e. The van der Waals surface area contributed by atoms with Crippen LogP contribution in [0.2, 0.25) is 0 Å². The van der Waals surface area contributed by atoms with Gasteiger partial charge in [-0.1, -0.05) is 6.07 Å². The monoisotopic (exact) mass is 263 g/mol. The topological polar surface area (TPSA) is 77.5 Å². The van der Waals surface area contributed by atoms with Crippen LogP contribution in [-0.4, -0.2) is 13.0 Å². The summed E-state index contributed by atoms with van der Waals surface area (Å²) in [5.74, 6) is 0. The predicted molar refractivity (Wildman–Crippen MR) is 69.0 cm³/mol. The normalized spacial score (nSPS) is 12.6. The molecular weight excluding hydrogens is 250 g/mol. The summed E-state index contributed by atoms with van der Waals surface area (Å²) < 4.78 is 29.5. The highest BCUT2D eigenvalue weighted by Crippen LogP contribution is 2.13. The van der Waals surface area contributed by atoms with Crippen LogP contribution in [0.1, 0.15) is 0 Å². The van der Waals surface area contributed by atoms with Crippen molar-refractivity contribution >= 4 is 15.7 Å². The molecule has 0 atom stereocenters. The van der Waals surface area contributed by atoms with E-state index in [0.29, 0.717) is 11.2 Å². The molecule has 6 heteroatoms. The number of rotatable bonds is 2. The smallest absolute Gasteiger partial charge is 0.284 e. The van der Waals surface area contributed by atoms with Crippen LogP contribution in [0, 0.1) is 0 Å². The van der Waals surface area contributed by atoms with Crippen molar-refractivity contribution in [3.63, 3.8) is 0 Å². The first kappa shape index (κ1) is 12.4. The van der Waals surface area contributed by atoms with E-state index in [1.54, 1.807) is 36.0 Å². The maximum Gasteiger partial charge on any atom is 0.284 e. The van der Waals surface area contributed by atoms with E-state index >= 15 is 0 Å². The van der Waals surface area contributed by atoms with Crippen molar-refractivity contribution in [2.75, 3.05) is 5.73 Å². The number of benzene rings is 1. The van der Waals surface area contributed by atoms with E-state index in [9.17, 15) is 8.42 Å². The fourth-order valence-corrected chi connectivity index (χ4v) is 2.45. The van der Waals surface area contributed by atoms with Crippen LogP contribution < -0.4 is 11.2 Å². The van der Waals surface area contributed by atoms with Crippen molar-refractivity contribution in [2.24, 2.45) is 11.4 Å². The van der Waals surface area contributed by atoms with Gasteiger partial charge in [0.2, 0.25) is 0 Å². The highest BCUT2D eigenvalue weighted by Gasteiger charge is 2.11. The fourth-order valence-electron chi connectivity index (χ4n) is 1.42. The standard InChI is InChI=1S/C12H13N3O2S/c1-15-9-3-2-4-12(15)14-18(16,17)11-7-5-10(13)6-8-11/h2-9H,13H2,1H3/b14-12-. The summed E-state index contributed by atoms with van der Waals surface area (Å²) in [5.41, 5.74) is 6.40. The van der Waals surface area contributed by atoms with Gasteiger partial charge in [0, 0.05) is 18.9 Å². The first-order valence-electron chi connectivity index (χ1n) is 5.27. The Balaban J connectivity index is 2.55. The lowest BCUT2D eigenvalue weighted by atomic mass is 10.3. The molecule has 0 saturated carbocycles. The molecule has 2 aromatic rings. The van der Waals surface area contributed by atoms with E-state index < -0.39 is 10.0 Å². The molecule has 1 aromatic carbocycles. The van der Waals surface area contributed by atoms with E-state index in [1.807, 2.05) is 0 Å². The van der Waals surface area contributed by atoms with E-state index in [-0.39, 0.29) is 4.90 Å². The van der Waals surface area contributed by atoms with Gasteiger partial charge in [0.1, 0.15) is 5.49 Å². The maximum absolute atomic E-state index is 12.0. The van der Waals surface area contributed by atoms with E-state index in [1.165, 1.54) is 24.3 Å². The van der Waals surface area contributed by atoms with Crippen LogP contribution in [0.25, 0.3) is 0 Å². The molecule has 5 nitrogen and oxygen atoms in total. The van der Waals surface area contributed by atoms with Crippen molar-refractivity contribution < 1.29 is 8.42 Å². The van der Waals surface area contributed by atoms with Crippen LogP contribution in [0.15, 0.2) is 58.0 Å². The molecule has 0 fully saturated rings. The SMILES string of the molecule is Cn1cccc/c1=N/S(=O)(=O)c1ccc(N)cc1.